The molecule has 4 heteroatoms. The van der Waals surface area contributed by atoms with Crippen LogP contribution < -0.4 is 4.74 Å². The fourth-order valence-electron chi connectivity index (χ4n) is 4.87. The van der Waals surface area contributed by atoms with Crippen LogP contribution in [0.2, 0.25) is 0 Å². The molecule has 1 unspecified atom stereocenters. The fourth-order valence-corrected chi connectivity index (χ4v) is 4.87. The van der Waals surface area contributed by atoms with Crippen molar-refractivity contribution in [3.8, 4) is 5.75 Å². The Kier molecular flexibility index (Phi) is 8.48. The SMILES string of the molecule is CCC(CC)(c1ccc(/C=C/C(O)C(C)(C)C)c(C)c1)c1ccc(OC[C@@H]2CCC(=O)O2)c(C)c1. The highest BCUT2D eigenvalue weighted by atomic mass is 16.6. The van der Waals surface area contributed by atoms with Crippen molar-refractivity contribution in [2.45, 2.75) is 91.8 Å². The molecule has 0 spiro atoms. The van der Waals surface area contributed by atoms with E-state index in [1.807, 2.05) is 32.9 Å². The summed E-state index contributed by atoms with van der Waals surface area (Å²) in [6, 6.07) is 13.2. The van der Waals surface area contributed by atoms with E-state index >= 15 is 0 Å². The number of hydrogen-bond acceptors (Lipinski definition) is 4. The molecule has 2 aromatic carbocycles. The van der Waals surface area contributed by atoms with Gasteiger partial charge in [0, 0.05) is 11.8 Å². The highest BCUT2D eigenvalue weighted by Gasteiger charge is 2.31. The minimum absolute atomic E-state index is 0.0950. The van der Waals surface area contributed by atoms with Crippen molar-refractivity contribution in [2.75, 3.05) is 6.61 Å². The van der Waals surface area contributed by atoms with Gasteiger partial charge in [0.2, 0.25) is 0 Å². The third kappa shape index (κ3) is 6.16. The second-order valence-electron chi connectivity index (χ2n) is 11.0. The zero-order valence-corrected chi connectivity index (χ0v) is 22.5. The number of esters is 1. The Morgan fingerprint density at radius 3 is 2.20 bits per heavy atom. The maximum atomic E-state index is 11.3. The van der Waals surface area contributed by atoms with E-state index in [-0.39, 0.29) is 22.9 Å². The Hall–Kier alpha value is -2.59. The summed E-state index contributed by atoms with van der Waals surface area (Å²) in [5.41, 5.74) is 5.73. The molecule has 0 aliphatic carbocycles. The van der Waals surface area contributed by atoms with Crippen LogP contribution >= 0.6 is 0 Å². The van der Waals surface area contributed by atoms with Crippen molar-refractivity contribution in [1.82, 2.24) is 0 Å². The molecular weight excluding hydrogens is 436 g/mol. The Morgan fingerprint density at radius 2 is 1.69 bits per heavy atom. The van der Waals surface area contributed by atoms with Crippen LogP contribution in [0.15, 0.2) is 42.5 Å². The Balaban J connectivity index is 1.84. The molecule has 190 valence electrons. The lowest BCUT2D eigenvalue weighted by Gasteiger charge is -2.34. The number of rotatable bonds is 9. The molecule has 2 aromatic rings. The van der Waals surface area contributed by atoms with Gasteiger partial charge in [0.05, 0.1) is 6.10 Å². The minimum Gasteiger partial charge on any atom is -0.489 e. The van der Waals surface area contributed by atoms with Crippen molar-refractivity contribution >= 4 is 12.0 Å². The maximum Gasteiger partial charge on any atom is 0.306 e. The molecule has 1 heterocycles. The molecule has 4 nitrogen and oxygen atoms in total. The van der Waals surface area contributed by atoms with Crippen molar-refractivity contribution in [3.05, 3.63) is 70.3 Å². The number of hydrogen-bond donors (Lipinski definition) is 1. The van der Waals surface area contributed by atoms with Crippen LogP contribution in [0.4, 0.5) is 0 Å². The third-order valence-corrected chi connectivity index (χ3v) is 7.50. The Bertz CT molecular complexity index is 1060. The molecule has 1 N–H and O–H groups in total. The zero-order chi connectivity index (χ0) is 25.8. The van der Waals surface area contributed by atoms with Crippen molar-refractivity contribution in [2.24, 2.45) is 5.41 Å². The summed E-state index contributed by atoms with van der Waals surface area (Å²) in [6.45, 7) is 15.2. The molecular formula is C31H42O4. The van der Waals surface area contributed by atoms with Gasteiger partial charge in [0.1, 0.15) is 18.5 Å². The highest BCUT2D eigenvalue weighted by molar-refractivity contribution is 5.71. The number of carbonyl (C=O) groups is 1. The summed E-state index contributed by atoms with van der Waals surface area (Å²) < 4.78 is 11.3. The number of aliphatic hydroxyl groups excluding tert-OH is 1. The van der Waals surface area contributed by atoms with Crippen LogP contribution in [0, 0.1) is 19.3 Å². The van der Waals surface area contributed by atoms with E-state index in [0.29, 0.717) is 13.0 Å². The van der Waals surface area contributed by atoms with Gasteiger partial charge in [0.15, 0.2) is 0 Å². The van der Waals surface area contributed by atoms with Crippen molar-refractivity contribution < 1.29 is 19.4 Å². The number of carbonyl (C=O) groups excluding carboxylic acids is 1. The van der Waals surface area contributed by atoms with Crippen LogP contribution in [0.25, 0.3) is 6.08 Å². The van der Waals surface area contributed by atoms with E-state index in [1.54, 1.807) is 0 Å². The highest BCUT2D eigenvalue weighted by Crippen LogP contribution is 2.41. The predicted molar refractivity (Wildman–Crippen MR) is 143 cm³/mol. The third-order valence-electron chi connectivity index (χ3n) is 7.50. The van der Waals surface area contributed by atoms with Gasteiger partial charge in [-0.1, -0.05) is 77.1 Å². The van der Waals surface area contributed by atoms with Gasteiger partial charge in [-0.05, 0) is 72.4 Å². The summed E-state index contributed by atoms with van der Waals surface area (Å²) >= 11 is 0. The Morgan fingerprint density at radius 1 is 1.06 bits per heavy atom. The monoisotopic (exact) mass is 478 g/mol. The molecule has 1 aliphatic rings. The number of aliphatic hydroxyl groups is 1. The fraction of sp³-hybridized carbons (Fsp3) is 0.516. The number of aryl methyl sites for hydroxylation is 2. The number of cyclic esters (lactones) is 1. The van der Waals surface area contributed by atoms with Crippen LogP contribution in [-0.2, 0) is 14.9 Å². The lowest BCUT2D eigenvalue weighted by Crippen LogP contribution is -2.26. The van der Waals surface area contributed by atoms with Crippen LogP contribution in [0.1, 0.15) is 88.1 Å². The maximum absolute atomic E-state index is 11.3. The quantitative estimate of drug-likeness (QED) is 0.398. The summed E-state index contributed by atoms with van der Waals surface area (Å²) in [6.07, 6.45) is 6.47. The molecule has 0 bridgehead atoms. The molecule has 0 amide bonds. The van der Waals surface area contributed by atoms with Gasteiger partial charge < -0.3 is 14.6 Å². The van der Waals surface area contributed by atoms with Gasteiger partial charge >= 0.3 is 5.97 Å². The van der Waals surface area contributed by atoms with E-state index in [9.17, 15) is 9.90 Å². The number of benzene rings is 2. The molecule has 0 saturated carbocycles. The van der Waals surface area contributed by atoms with Gasteiger partial charge in [-0.2, -0.15) is 0 Å². The predicted octanol–water partition coefficient (Wildman–Crippen LogP) is 6.91. The first kappa shape index (κ1) is 27.0. The van der Waals surface area contributed by atoms with Gasteiger partial charge in [-0.15, -0.1) is 0 Å². The minimum atomic E-state index is -0.489. The molecule has 0 radical (unpaired) electrons. The lowest BCUT2D eigenvalue weighted by molar-refractivity contribution is -0.142. The van der Waals surface area contributed by atoms with Crippen LogP contribution in [-0.4, -0.2) is 29.9 Å². The summed E-state index contributed by atoms with van der Waals surface area (Å²) in [7, 11) is 0. The topological polar surface area (TPSA) is 55.8 Å². The van der Waals surface area contributed by atoms with E-state index < -0.39 is 6.10 Å². The van der Waals surface area contributed by atoms with Crippen molar-refractivity contribution in [1.29, 1.82) is 0 Å². The first-order valence-corrected chi connectivity index (χ1v) is 12.9. The first-order valence-electron chi connectivity index (χ1n) is 12.9. The summed E-state index contributed by atoms with van der Waals surface area (Å²) in [4.78, 5) is 11.3. The Labute approximate surface area is 211 Å². The first-order chi connectivity index (χ1) is 16.5. The molecule has 35 heavy (non-hydrogen) atoms. The second kappa shape index (κ2) is 11.0. The molecule has 2 atom stereocenters. The lowest BCUT2D eigenvalue weighted by atomic mass is 9.70. The second-order valence-corrected chi connectivity index (χ2v) is 11.0. The molecule has 0 aromatic heterocycles. The summed E-state index contributed by atoms with van der Waals surface area (Å²) in [5.74, 6) is 0.704. The van der Waals surface area contributed by atoms with E-state index in [4.69, 9.17) is 9.47 Å². The van der Waals surface area contributed by atoms with Crippen molar-refractivity contribution in [3.63, 3.8) is 0 Å². The average molecular weight is 479 g/mol. The van der Waals surface area contributed by atoms with E-state index in [1.165, 1.54) is 16.7 Å². The molecule has 1 aliphatic heterocycles. The van der Waals surface area contributed by atoms with E-state index in [0.717, 1.165) is 36.1 Å². The largest absolute Gasteiger partial charge is 0.489 e. The normalized spacial score (nSPS) is 17.6. The van der Waals surface area contributed by atoms with Crippen LogP contribution in [0.3, 0.4) is 0 Å². The van der Waals surface area contributed by atoms with Gasteiger partial charge in [-0.3, -0.25) is 4.79 Å². The van der Waals surface area contributed by atoms with Gasteiger partial charge in [-0.25, -0.2) is 0 Å². The average Bonchev–Trinajstić information content (AvgIpc) is 3.23. The molecule has 1 saturated heterocycles. The van der Waals surface area contributed by atoms with Crippen LogP contribution in [0.5, 0.6) is 5.75 Å². The molecule has 3 rings (SSSR count). The zero-order valence-electron chi connectivity index (χ0n) is 22.5. The van der Waals surface area contributed by atoms with E-state index in [2.05, 4.69) is 64.1 Å². The standard InChI is InChI=1S/C31H42O4/c1-8-31(9-2,24-12-10-23(21(3)18-24)11-16-28(32)30(5,6)7)25-13-15-27(22(4)19-25)34-20-26-14-17-29(33)35-26/h10-13,15-16,18-19,26,28,32H,8-9,14,17,20H2,1-7H3/b16-11+/t26-,28?/m0/s1. The smallest absolute Gasteiger partial charge is 0.306 e. The number of ether oxygens (including phenoxy) is 2. The summed E-state index contributed by atoms with van der Waals surface area (Å²) in [5, 5.41) is 10.4. The molecule has 1 fully saturated rings. The van der Waals surface area contributed by atoms with Gasteiger partial charge in [0.25, 0.3) is 0 Å².